The maximum atomic E-state index is 14.0. The van der Waals surface area contributed by atoms with Gasteiger partial charge < -0.3 is 15.0 Å². The molecule has 4 rings (SSSR count). The second kappa shape index (κ2) is 12.6. The van der Waals surface area contributed by atoms with Gasteiger partial charge in [0.05, 0.1) is 18.8 Å². The van der Waals surface area contributed by atoms with Gasteiger partial charge in [-0.1, -0.05) is 24.3 Å². The van der Waals surface area contributed by atoms with E-state index in [1.165, 1.54) is 24.3 Å². The van der Waals surface area contributed by atoms with Crippen molar-refractivity contribution >= 4 is 23.5 Å². The number of nitrogens with one attached hydrogen (secondary N) is 1. The minimum absolute atomic E-state index is 0.0174. The number of nitrogens with zero attached hydrogens (tertiary/aromatic N) is 2. The van der Waals surface area contributed by atoms with E-state index in [9.17, 15) is 22.8 Å². The van der Waals surface area contributed by atoms with Gasteiger partial charge in [0, 0.05) is 62.5 Å². The molecule has 2 saturated heterocycles. The molecule has 2 fully saturated rings. The summed E-state index contributed by atoms with van der Waals surface area (Å²) < 4.78 is 47.4. The van der Waals surface area contributed by atoms with E-state index in [1.807, 2.05) is 6.07 Å². The van der Waals surface area contributed by atoms with Crippen LogP contribution < -0.4 is 5.32 Å². The van der Waals surface area contributed by atoms with E-state index >= 15 is 0 Å². The zero-order valence-corrected chi connectivity index (χ0v) is 21.5. The van der Waals surface area contributed by atoms with Crippen LogP contribution in [0.1, 0.15) is 30.9 Å². The van der Waals surface area contributed by atoms with Crippen LogP contribution in [0.15, 0.2) is 42.5 Å². The number of carbonyl (C=O) groups excluding carboxylic acids is 2. The molecule has 2 aliphatic rings. The van der Waals surface area contributed by atoms with Gasteiger partial charge in [-0.3, -0.25) is 14.5 Å². The highest BCUT2D eigenvalue weighted by Crippen LogP contribution is 2.40. The molecular weight excluding hydrogens is 495 g/mol. The van der Waals surface area contributed by atoms with Crippen molar-refractivity contribution < 1.29 is 27.5 Å². The quantitative estimate of drug-likeness (QED) is 0.501. The molecule has 1 radical (unpaired) electrons. The standard InChI is InChI=1S/C29H33F3N3O3/c1-21(36)22-10-13-35(14-11-22)27(37)9-8-23-4-3-7-26(29(30,31)32)28(23)24-5-2-6-25(20-24)33-12-15-34-16-18-38-19-17-34/h2-6,8-9,20,22,33H,10-19H2,1H3/b9-8+. The Balaban J connectivity index is 1.53. The highest BCUT2D eigenvalue weighted by atomic mass is 19.4. The molecule has 2 aromatic rings. The average Bonchev–Trinajstić information content (AvgIpc) is 2.92. The fourth-order valence-electron chi connectivity index (χ4n) is 4.93. The third-order valence-corrected chi connectivity index (χ3v) is 7.11. The number of piperidine rings is 1. The van der Waals surface area contributed by atoms with Crippen LogP contribution in [-0.4, -0.2) is 74.0 Å². The first-order chi connectivity index (χ1) is 18.2. The second-order valence-electron chi connectivity index (χ2n) is 9.69. The molecule has 0 aliphatic carbocycles. The highest BCUT2D eigenvalue weighted by Gasteiger charge is 2.35. The molecule has 0 atom stereocenters. The van der Waals surface area contributed by atoms with Gasteiger partial charge in [-0.2, -0.15) is 13.2 Å². The minimum atomic E-state index is -4.61. The van der Waals surface area contributed by atoms with Crippen molar-refractivity contribution in [2.75, 3.05) is 57.8 Å². The fourth-order valence-corrected chi connectivity index (χ4v) is 4.93. The third-order valence-electron chi connectivity index (χ3n) is 7.11. The van der Waals surface area contributed by atoms with Gasteiger partial charge >= 0.3 is 6.18 Å². The molecule has 2 aliphatic heterocycles. The Hall–Kier alpha value is -3.17. The van der Waals surface area contributed by atoms with Gasteiger partial charge in [0.15, 0.2) is 0 Å². The number of hydrogen-bond acceptors (Lipinski definition) is 5. The summed E-state index contributed by atoms with van der Waals surface area (Å²) in [6.45, 7) is 7.05. The maximum absolute atomic E-state index is 14.0. The number of likely N-dealkylation sites (tertiary alicyclic amines) is 1. The van der Waals surface area contributed by atoms with Crippen molar-refractivity contribution in [3.63, 3.8) is 0 Å². The number of Topliss-reactive ketones (excluding diaryl/α,β-unsaturated/α-hetero) is 1. The predicted octanol–water partition coefficient (Wildman–Crippen LogP) is 4.76. The van der Waals surface area contributed by atoms with E-state index in [0.717, 1.165) is 19.6 Å². The van der Waals surface area contributed by atoms with Crippen LogP contribution in [0.3, 0.4) is 0 Å². The number of carbonyl (C=O) groups is 2. The number of rotatable bonds is 8. The molecule has 38 heavy (non-hydrogen) atoms. The minimum Gasteiger partial charge on any atom is -0.384 e. The number of morpholine rings is 1. The van der Waals surface area contributed by atoms with E-state index in [-0.39, 0.29) is 28.7 Å². The van der Waals surface area contributed by atoms with Crippen LogP contribution in [0, 0.1) is 12.0 Å². The number of anilines is 1. The molecule has 1 N–H and O–H groups in total. The lowest BCUT2D eigenvalue weighted by Crippen LogP contribution is -2.39. The number of amides is 1. The largest absolute Gasteiger partial charge is 0.417 e. The second-order valence-corrected chi connectivity index (χ2v) is 9.69. The molecule has 2 heterocycles. The van der Waals surface area contributed by atoms with Crippen LogP contribution >= 0.6 is 0 Å². The number of ether oxygens (including phenoxy) is 1. The SMILES string of the molecule is CC(=O)C1CCN(C(=O)/C=C/c2cc[c]c(C(F)(F)F)c2-c2cccc(NCCN3CCOCC3)c2)CC1. The Labute approximate surface area is 221 Å². The molecular formula is C29H33F3N3O3. The van der Waals surface area contributed by atoms with Crippen LogP contribution in [-0.2, 0) is 20.5 Å². The summed E-state index contributed by atoms with van der Waals surface area (Å²) >= 11 is 0. The molecule has 9 heteroatoms. The first-order valence-electron chi connectivity index (χ1n) is 13.0. The van der Waals surface area contributed by atoms with Crippen molar-refractivity contribution in [1.82, 2.24) is 9.80 Å². The molecule has 0 unspecified atom stereocenters. The lowest BCUT2D eigenvalue weighted by molar-refractivity contribution is -0.137. The number of halogens is 3. The summed E-state index contributed by atoms with van der Waals surface area (Å²) in [7, 11) is 0. The van der Waals surface area contributed by atoms with Gasteiger partial charge in [-0.05, 0) is 55.2 Å². The number of alkyl halides is 3. The summed E-state index contributed by atoms with van der Waals surface area (Å²) in [4.78, 5) is 28.3. The Morgan fingerprint density at radius 3 is 2.55 bits per heavy atom. The van der Waals surface area contributed by atoms with Gasteiger partial charge in [-0.15, -0.1) is 0 Å². The Kier molecular flexibility index (Phi) is 9.22. The van der Waals surface area contributed by atoms with Crippen molar-refractivity contribution in [3.8, 4) is 11.1 Å². The van der Waals surface area contributed by atoms with Crippen LogP contribution in [0.4, 0.5) is 18.9 Å². The molecule has 0 bridgehead atoms. The van der Waals surface area contributed by atoms with Crippen LogP contribution in [0.5, 0.6) is 0 Å². The summed E-state index contributed by atoms with van der Waals surface area (Å²) in [6, 6.07) is 12.0. The van der Waals surface area contributed by atoms with Crippen molar-refractivity contribution in [2.24, 2.45) is 5.92 Å². The van der Waals surface area contributed by atoms with E-state index in [0.29, 0.717) is 56.9 Å². The maximum Gasteiger partial charge on any atom is 0.417 e. The van der Waals surface area contributed by atoms with Gasteiger partial charge in [-0.25, -0.2) is 0 Å². The molecule has 0 aromatic heterocycles. The molecule has 0 saturated carbocycles. The molecule has 6 nitrogen and oxygen atoms in total. The zero-order chi connectivity index (χ0) is 27.1. The Bertz CT molecular complexity index is 1150. The molecule has 1 amide bonds. The topological polar surface area (TPSA) is 61.9 Å². The van der Waals surface area contributed by atoms with Gasteiger partial charge in [0.2, 0.25) is 5.91 Å². The van der Waals surface area contributed by atoms with E-state index in [1.54, 1.807) is 30.0 Å². The smallest absolute Gasteiger partial charge is 0.384 e. The zero-order valence-electron chi connectivity index (χ0n) is 21.5. The summed E-state index contributed by atoms with van der Waals surface area (Å²) in [5.74, 6) is -0.198. The third kappa shape index (κ3) is 7.23. The van der Waals surface area contributed by atoms with Crippen LogP contribution in [0.25, 0.3) is 17.2 Å². The lowest BCUT2D eigenvalue weighted by atomic mass is 9.92. The van der Waals surface area contributed by atoms with Crippen LogP contribution in [0.2, 0.25) is 0 Å². The summed E-state index contributed by atoms with van der Waals surface area (Å²) in [5, 5.41) is 3.31. The van der Waals surface area contributed by atoms with Crippen molar-refractivity contribution in [1.29, 1.82) is 0 Å². The van der Waals surface area contributed by atoms with E-state index in [2.05, 4.69) is 16.3 Å². The van der Waals surface area contributed by atoms with Gasteiger partial charge in [0.25, 0.3) is 0 Å². The van der Waals surface area contributed by atoms with Crippen molar-refractivity contribution in [2.45, 2.75) is 25.9 Å². The number of hydrogen-bond donors (Lipinski definition) is 1. The summed E-state index contributed by atoms with van der Waals surface area (Å²) in [6.07, 6.45) is -0.653. The monoisotopic (exact) mass is 528 g/mol. The molecule has 203 valence electrons. The first-order valence-corrected chi connectivity index (χ1v) is 13.0. The van der Waals surface area contributed by atoms with E-state index in [4.69, 9.17) is 4.74 Å². The fraction of sp³-hybridized carbons (Fsp3) is 0.448. The van der Waals surface area contributed by atoms with Gasteiger partial charge in [0.1, 0.15) is 5.78 Å². The average molecular weight is 529 g/mol. The van der Waals surface area contributed by atoms with Crippen molar-refractivity contribution in [3.05, 3.63) is 59.7 Å². The van der Waals surface area contributed by atoms with E-state index < -0.39 is 11.7 Å². The first kappa shape index (κ1) is 27.9. The number of ketones is 1. The number of benzene rings is 2. The highest BCUT2D eigenvalue weighted by molar-refractivity contribution is 5.94. The Morgan fingerprint density at radius 2 is 1.87 bits per heavy atom. The normalized spacial score (nSPS) is 17.6. The molecule has 2 aromatic carbocycles. The molecule has 0 spiro atoms. The Morgan fingerprint density at radius 1 is 1.13 bits per heavy atom. The summed E-state index contributed by atoms with van der Waals surface area (Å²) in [5.41, 5.74) is 0.497. The lowest BCUT2D eigenvalue weighted by Gasteiger charge is -2.30. The predicted molar refractivity (Wildman–Crippen MR) is 140 cm³/mol.